The zero-order valence-corrected chi connectivity index (χ0v) is 32.8. The van der Waals surface area contributed by atoms with Crippen molar-refractivity contribution >= 4 is 55.2 Å². The molecule has 7 rings (SSSR count). The summed E-state index contributed by atoms with van der Waals surface area (Å²) in [7, 11) is 7.30. The standard InChI is InChI=1S/C44H49N9O/c1-10-29-16-26(3)17-32-34-25-48-38(41-19-28(5)49-51(41)9)23-40(34)53(42(29)32)15-13-12-14-52-39-22-37(36(46-6)18-27(4)45)47-24-35(39)33-21-31(44(54)50(7)8)20-30(11-2)43(33)52/h12-13,16-25H,10-11,14-15,45H2,1-9H3/b13-12+,27-18?,46-36?. The predicted molar refractivity (Wildman–Crippen MR) is 222 cm³/mol. The van der Waals surface area contributed by atoms with E-state index in [-0.39, 0.29) is 5.91 Å². The van der Waals surface area contributed by atoms with Crippen LogP contribution in [0.2, 0.25) is 0 Å². The van der Waals surface area contributed by atoms with Gasteiger partial charge < -0.3 is 19.8 Å². The first-order chi connectivity index (χ1) is 25.9. The molecule has 5 heterocycles. The van der Waals surface area contributed by atoms with Gasteiger partial charge in [-0.1, -0.05) is 37.6 Å². The Hall–Kier alpha value is -6.03. The fourth-order valence-electron chi connectivity index (χ4n) is 7.85. The lowest BCUT2D eigenvalue weighted by molar-refractivity contribution is 0.0827. The molecule has 7 aromatic rings. The Labute approximate surface area is 316 Å². The van der Waals surface area contributed by atoms with Crippen molar-refractivity contribution in [3.63, 3.8) is 0 Å². The van der Waals surface area contributed by atoms with E-state index in [1.54, 1.807) is 26.0 Å². The number of nitrogens with zero attached hydrogens (tertiary/aromatic N) is 8. The van der Waals surface area contributed by atoms with Gasteiger partial charge in [0.05, 0.1) is 50.6 Å². The number of fused-ring (bicyclic) bond motifs is 6. The summed E-state index contributed by atoms with van der Waals surface area (Å²) in [4.78, 5) is 29.1. The molecular formula is C44H49N9O. The average molecular weight is 720 g/mol. The normalized spacial score (nSPS) is 12.8. The van der Waals surface area contributed by atoms with E-state index in [1.807, 2.05) is 56.2 Å². The number of aromatic nitrogens is 6. The first-order valence-corrected chi connectivity index (χ1v) is 18.6. The molecule has 0 aliphatic heterocycles. The number of nitrogens with two attached hydrogens (primary N) is 1. The summed E-state index contributed by atoms with van der Waals surface area (Å²) in [6.07, 6.45) is 12.0. The highest BCUT2D eigenvalue weighted by molar-refractivity contribution is 6.15. The molecule has 10 heteroatoms. The molecule has 5 aromatic heterocycles. The van der Waals surface area contributed by atoms with E-state index >= 15 is 0 Å². The number of hydrogen-bond acceptors (Lipinski definition) is 6. The van der Waals surface area contributed by atoms with E-state index in [0.717, 1.165) is 73.9 Å². The van der Waals surface area contributed by atoms with E-state index in [0.29, 0.717) is 30.1 Å². The van der Waals surface area contributed by atoms with Gasteiger partial charge in [-0.05, 0) is 87.2 Å². The van der Waals surface area contributed by atoms with Crippen LogP contribution in [0, 0.1) is 13.8 Å². The van der Waals surface area contributed by atoms with Gasteiger partial charge in [0.25, 0.3) is 5.91 Å². The maximum atomic E-state index is 13.2. The summed E-state index contributed by atoms with van der Waals surface area (Å²) in [5.41, 5.74) is 19.9. The quantitative estimate of drug-likeness (QED) is 0.114. The van der Waals surface area contributed by atoms with Gasteiger partial charge >= 0.3 is 0 Å². The number of aryl methyl sites for hydroxylation is 5. The summed E-state index contributed by atoms with van der Waals surface area (Å²) < 4.78 is 6.68. The number of allylic oxidation sites excluding steroid dienone is 4. The largest absolute Gasteiger partial charge is 0.402 e. The maximum Gasteiger partial charge on any atom is 0.253 e. The monoisotopic (exact) mass is 719 g/mol. The molecule has 0 aliphatic rings. The van der Waals surface area contributed by atoms with Crippen LogP contribution in [-0.2, 0) is 33.0 Å². The van der Waals surface area contributed by atoms with Crippen LogP contribution in [0.25, 0.3) is 55.0 Å². The van der Waals surface area contributed by atoms with Crippen molar-refractivity contribution in [1.29, 1.82) is 0 Å². The highest BCUT2D eigenvalue weighted by atomic mass is 16.2. The Morgan fingerprint density at radius 1 is 0.833 bits per heavy atom. The number of amides is 1. The molecule has 0 saturated heterocycles. The van der Waals surface area contributed by atoms with Crippen molar-refractivity contribution in [2.24, 2.45) is 17.8 Å². The Bertz CT molecular complexity index is 2690. The third-order valence-electron chi connectivity index (χ3n) is 10.3. The summed E-state index contributed by atoms with van der Waals surface area (Å²) in [5, 5.41) is 8.96. The second-order valence-electron chi connectivity index (χ2n) is 14.4. The third kappa shape index (κ3) is 6.35. The fraction of sp³-hybridized carbons (Fsp3) is 0.295. The molecule has 2 aromatic carbocycles. The minimum Gasteiger partial charge on any atom is -0.402 e. The van der Waals surface area contributed by atoms with Gasteiger partial charge in [0.15, 0.2) is 0 Å². The summed E-state index contributed by atoms with van der Waals surface area (Å²) in [5.74, 6) is -0.0226. The molecular weight excluding hydrogens is 671 g/mol. The van der Waals surface area contributed by atoms with Crippen molar-refractivity contribution in [2.75, 3.05) is 21.1 Å². The van der Waals surface area contributed by atoms with Crippen molar-refractivity contribution in [2.45, 2.75) is 60.5 Å². The molecule has 0 unspecified atom stereocenters. The Balaban J connectivity index is 1.37. The van der Waals surface area contributed by atoms with E-state index in [9.17, 15) is 4.79 Å². The molecule has 0 atom stereocenters. The molecule has 0 radical (unpaired) electrons. The van der Waals surface area contributed by atoms with Crippen LogP contribution >= 0.6 is 0 Å². The van der Waals surface area contributed by atoms with Gasteiger partial charge in [-0.3, -0.25) is 24.4 Å². The zero-order valence-electron chi connectivity index (χ0n) is 32.8. The summed E-state index contributed by atoms with van der Waals surface area (Å²) >= 11 is 0. The smallest absolute Gasteiger partial charge is 0.253 e. The lowest BCUT2D eigenvalue weighted by atomic mass is 10.0. The number of benzene rings is 2. The summed E-state index contributed by atoms with van der Waals surface area (Å²) in [6.45, 7) is 11.7. The van der Waals surface area contributed by atoms with Gasteiger partial charge in [-0.15, -0.1) is 0 Å². The predicted octanol–water partition coefficient (Wildman–Crippen LogP) is 8.07. The molecule has 2 N–H and O–H groups in total. The zero-order chi connectivity index (χ0) is 38.4. The van der Waals surface area contributed by atoms with Crippen LogP contribution in [0.15, 0.2) is 83.8 Å². The third-order valence-corrected chi connectivity index (χ3v) is 10.3. The highest BCUT2D eigenvalue weighted by Gasteiger charge is 2.20. The van der Waals surface area contributed by atoms with E-state index < -0.39 is 0 Å². The first-order valence-electron chi connectivity index (χ1n) is 18.6. The Kier molecular flexibility index (Phi) is 9.70. The number of carbonyl (C=O) groups excluding carboxylic acids is 1. The van der Waals surface area contributed by atoms with Gasteiger partial charge in [0, 0.05) is 86.5 Å². The Morgan fingerprint density at radius 3 is 2.02 bits per heavy atom. The second-order valence-corrected chi connectivity index (χ2v) is 14.4. The molecule has 0 bridgehead atoms. The SMILES string of the molecule is CCc1cc(C(=O)N(C)C)cc2c3cnc(C(C=C(C)N)=NC)cc3n(C/C=C/Cn3c4cc(-c5cc(C)nn5C)ncc4c4cc(C)cc(CC)c43)c12. The van der Waals surface area contributed by atoms with Crippen molar-refractivity contribution in [3.05, 3.63) is 112 Å². The lowest BCUT2D eigenvalue weighted by Crippen LogP contribution is -2.21. The van der Waals surface area contributed by atoms with Crippen LogP contribution in [0.3, 0.4) is 0 Å². The number of hydrogen-bond donors (Lipinski definition) is 1. The number of carbonyl (C=O) groups is 1. The average Bonchev–Trinajstić information content (AvgIpc) is 3.78. The van der Waals surface area contributed by atoms with Crippen molar-refractivity contribution in [1.82, 2.24) is 33.8 Å². The number of rotatable bonds is 10. The van der Waals surface area contributed by atoms with E-state index in [1.165, 1.54) is 22.0 Å². The van der Waals surface area contributed by atoms with Gasteiger partial charge in [-0.2, -0.15) is 5.10 Å². The minimum absolute atomic E-state index is 0.0226. The molecule has 0 saturated carbocycles. The number of pyridine rings is 2. The van der Waals surface area contributed by atoms with Crippen molar-refractivity contribution < 1.29 is 4.79 Å². The van der Waals surface area contributed by atoms with Crippen LogP contribution in [0.5, 0.6) is 0 Å². The molecule has 0 aliphatic carbocycles. The van der Waals surface area contributed by atoms with E-state index in [4.69, 9.17) is 15.7 Å². The molecule has 276 valence electrons. The van der Waals surface area contributed by atoms with Crippen molar-refractivity contribution in [3.8, 4) is 11.4 Å². The van der Waals surface area contributed by atoms with Gasteiger partial charge in [0.2, 0.25) is 0 Å². The maximum absolute atomic E-state index is 13.2. The van der Waals surface area contributed by atoms with Crippen LogP contribution in [-0.4, -0.2) is 66.5 Å². The van der Waals surface area contributed by atoms with Crippen LogP contribution < -0.4 is 5.73 Å². The number of aliphatic imine (C=N–C) groups is 1. The highest BCUT2D eigenvalue weighted by Crippen LogP contribution is 2.36. The first kappa shape index (κ1) is 36.3. The van der Waals surface area contributed by atoms with E-state index in [2.05, 4.69) is 82.5 Å². The fourth-order valence-corrected chi connectivity index (χ4v) is 7.85. The van der Waals surface area contributed by atoms with Gasteiger partial charge in [0.1, 0.15) is 0 Å². The molecule has 0 spiro atoms. The van der Waals surface area contributed by atoms with Crippen LogP contribution in [0.4, 0.5) is 0 Å². The minimum atomic E-state index is -0.0226. The second kappa shape index (κ2) is 14.4. The van der Waals surface area contributed by atoms with Crippen LogP contribution in [0.1, 0.15) is 59.2 Å². The van der Waals surface area contributed by atoms with Gasteiger partial charge in [-0.25, -0.2) is 0 Å². The summed E-state index contributed by atoms with van der Waals surface area (Å²) in [6, 6.07) is 15.0. The Morgan fingerprint density at radius 2 is 1.44 bits per heavy atom. The topological polar surface area (TPSA) is 112 Å². The molecule has 54 heavy (non-hydrogen) atoms. The molecule has 1 amide bonds. The molecule has 0 fully saturated rings. The molecule has 10 nitrogen and oxygen atoms in total. The lowest BCUT2D eigenvalue weighted by Gasteiger charge is -2.13.